The van der Waals surface area contributed by atoms with Gasteiger partial charge >= 0.3 is 5.97 Å². The minimum atomic E-state index is -1.91. The Morgan fingerprint density at radius 2 is 2.11 bits per heavy atom. The Balaban J connectivity index is 3.09. The molecule has 5 heteroatoms. The summed E-state index contributed by atoms with van der Waals surface area (Å²) in [5, 5.41) is 10.1. The highest BCUT2D eigenvalue weighted by atomic mass is 19.2. The Kier molecular flexibility index (Phi) is 4.40. The number of halogens is 2. The topological polar surface area (TPSA) is 46.5 Å². The lowest BCUT2D eigenvalue weighted by Crippen LogP contribution is -2.42. The normalized spacial score (nSPS) is 15.9. The lowest BCUT2D eigenvalue weighted by Gasteiger charge is -2.28. The van der Waals surface area contributed by atoms with Gasteiger partial charge in [-0.05, 0) is 25.5 Å². The van der Waals surface area contributed by atoms with Gasteiger partial charge in [-0.2, -0.15) is 0 Å². The average Bonchev–Trinajstić information content (AvgIpc) is 2.32. The molecule has 0 radical (unpaired) electrons. The van der Waals surface area contributed by atoms with Crippen LogP contribution in [0.5, 0.6) is 0 Å². The van der Waals surface area contributed by atoms with E-state index >= 15 is 0 Å². The minimum Gasteiger partial charge on any atom is -0.464 e. The molecule has 0 aliphatic heterocycles. The molecule has 0 saturated heterocycles. The van der Waals surface area contributed by atoms with Gasteiger partial charge in [0.15, 0.2) is 17.2 Å². The smallest absolute Gasteiger partial charge is 0.338 e. The molecule has 0 heterocycles. The molecule has 0 aliphatic rings. The maximum Gasteiger partial charge on any atom is 0.338 e. The first kappa shape index (κ1) is 14.6. The van der Waals surface area contributed by atoms with Gasteiger partial charge in [-0.1, -0.05) is 19.1 Å². The van der Waals surface area contributed by atoms with Crippen molar-refractivity contribution >= 4 is 5.97 Å². The van der Waals surface area contributed by atoms with E-state index in [1.54, 1.807) is 6.92 Å². The fraction of sp³-hybridized carbons (Fsp3) is 0.462. The van der Waals surface area contributed by atoms with Crippen molar-refractivity contribution in [3.8, 4) is 0 Å². The second kappa shape index (κ2) is 5.44. The molecule has 1 N–H and O–H groups in total. The first-order valence-corrected chi connectivity index (χ1v) is 5.65. The monoisotopic (exact) mass is 258 g/mol. The zero-order valence-electron chi connectivity index (χ0n) is 10.5. The lowest BCUT2D eigenvalue weighted by molar-refractivity contribution is -0.165. The zero-order chi connectivity index (χ0) is 13.9. The molecule has 1 rings (SSSR count). The molecule has 0 aliphatic carbocycles. The fourth-order valence-electron chi connectivity index (χ4n) is 1.61. The molecule has 0 bridgehead atoms. The van der Waals surface area contributed by atoms with Crippen molar-refractivity contribution in [1.82, 2.24) is 0 Å². The molecule has 0 saturated carbocycles. The van der Waals surface area contributed by atoms with Crippen LogP contribution in [-0.2, 0) is 9.53 Å². The number of benzene rings is 1. The Hall–Kier alpha value is -1.49. The Morgan fingerprint density at radius 3 is 2.67 bits per heavy atom. The van der Waals surface area contributed by atoms with Crippen LogP contribution in [-0.4, -0.2) is 23.3 Å². The van der Waals surface area contributed by atoms with Crippen LogP contribution in [0.2, 0.25) is 0 Å². The van der Waals surface area contributed by atoms with Crippen LogP contribution in [0, 0.1) is 11.6 Å². The number of hydrogen-bond acceptors (Lipinski definition) is 3. The fourth-order valence-corrected chi connectivity index (χ4v) is 1.61. The number of aliphatic hydroxyl groups is 1. The summed E-state index contributed by atoms with van der Waals surface area (Å²) >= 11 is 0. The van der Waals surface area contributed by atoms with Crippen LogP contribution >= 0.6 is 0 Å². The van der Waals surface area contributed by atoms with E-state index < -0.39 is 29.1 Å². The highest BCUT2D eigenvalue weighted by Gasteiger charge is 2.40. The van der Waals surface area contributed by atoms with Crippen molar-refractivity contribution in [2.45, 2.75) is 32.3 Å². The van der Waals surface area contributed by atoms with Crippen molar-refractivity contribution in [3.63, 3.8) is 0 Å². The predicted molar refractivity (Wildman–Crippen MR) is 62.0 cm³/mol. The Bertz CT molecular complexity index is 444. The van der Waals surface area contributed by atoms with Gasteiger partial charge in [0.05, 0.1) is 6.61 Å². The first-order valence-electron chi connectivity index (χ1n) is 5.65. The number of esters is 1. The SMILES string of the molecule is CCOC(=O)C(C)(O)C(C)c1cccc(F)c1F. The summed E-state index contributed by atoms with van der Waals surface area (Å²) in [4.78, 5) is 11.6. The first-order chi connectivity index (χ1) is 8.32. The number of hydrogen-bond donors (Lipinski definition) is 1. The second-order valence-electron chi connectivity index (χ2n) is 4.23. The third-order valence-electron chi connectivity index (χ3n) is 2.98. The van der Waals surface area contributed by atoms with Crippen LogP contribution in [0.25, 0.3) is 0 Å². The summed E-state index contributed by atoms with van der Waals surface area (Å²) in [6, 6.07) is 3.63. The van der Waals surface area contributed by atoms with Crippen LogP contribution < -0.4 is 0 Å². The third-order valence-corrected chi connectivity index (χ3v) is 2.98. The van der Waals surface area contributed by atoms with Gasteiger partial charge in [-0.15, -0.1) is 0 Å². The molecule has 2 atom stereocenters. The van der Waals surface area contributed by atoms with Crippen molar-refractivity contribution in [2.75, 3.05) is 6.61 Å². The van der Waals surface area contributed by atoms with Crippen LogP contribution in [0.3, 0.4) is 0 Å². The maximum atomic E-state index is 13.6. The second-order valence-corrected chi connectivity index (χ2v) is 4.23. The van der Waals surface area contributed by atoms with Crippen LogP contribution in [0.4, 0.5) is 8.78 Å². The summed E-state index contributed by atoms with van der Waals surface area (Å²) in [7, 11) is 0. The van der Waals surface area contributed by atoms with Crippen molar-refractivity contribution in [2.24, 2.45) is 0 Å². The van der Waals surface area contributed by atoms with E-state index in [1.165, 1.54) is 26.0 Å². The molecular weight excluding hydrogens is 242 g/mol. The van der Waals surface area contributed by atoms with Crippen molar-refractivity contribution < 1.29 is 23.4 Å². The molecule has 0 fully saturated rings. The maximum absolute atomic E-state index is 13.6. The molecular formula is C13H16F2O3. The summed E-state index contributed by atoms with van der Waals surface area (Å²) < 4.78 is 31.4. The molecule has 0 aromatic heterocycles. The van der Waals surface area contributed by atoms with E-state index in [2.05, 4.69) is 0 Å². The van der Waals surface area contributed by atoms with Gasteiger partial charge < -0.3 is 9.84 Å². The van der Waals surface area contributed by atoms with E-state index in [9.17, 15) is 18.7 Å². The van der Waals surface area contributed by atoms with Gasteiger partial charge in [0.2, 0.25) is 0 Å². The molecule has 18 heavy (non-hydrogen) atoms. The summed E-state index contributed by atoms with van der Waals surface area (Å²) in [6.45, 7) is 4.36. The van der Waals surface area contributed by atoms with E-state index in [4.69, 9.17) is 4.74 Å². The highest BCUT2D eigenvalue weighted by Crippen LogP contribution is 2.31. The standard InChI is InChI=1S/C13H16F2O3/c1-4-18-12(16)13(3,17)8(2)9-6-5-7-10(14)11(9)15/h5-8,17H,4H2,1-3H3. The van der Waals surface area contributed by atoms with E-state index in [1.807, 2.05) is 0 Å². The molecule has 100 valence electrons. The number of carbonyl (C=O) groups is 1. The van der Waals surface area contributed by atoms with E-state index in [0.29, 0.717) is 0 Å². The molecule has 1 aromatic carbocycles. The zero-order valence-corrected chi connectivity index (χ0v) is 10.5. The minimum absolute atomic E-state index is 0.0620. The lowest BCUT2D eigenvalue weighted by atomic mass is 9.84. The number of rotatable bonds is 4. The van der Waals surface area contributed by atoms with Gasteiger partial charge in [-0.25, -0.2) is 13.6 Å². The summed E-state index contributed by atoms with van der Waals surface area (Å²) in [5.74, 6) is -3.86. The van der Waals surface area contributed by atoms with E-state index in [-0.39, 0.29) is 12.2 Å². The summed E-state index contributed by atoms with van der Waals surface area (Å²) in [5.41, 5.74) is -1.97. The number of carbonyl (C=O) groups excluding carboxylic acids is 1. The average molecular weight is 258 g/mol. The van der Waals surface area contributed by atoms with Crippen molar-refractivity contribution in [1.29, 1.82) is 0 Å². The third kappa shape index (κ3) is 2.67. The van der Waals surface area contributed by atoms with Gasteiger partial charge in [0, 0.05) is 5.92 Å². The molecule has 3 nitrogen and oxygen atoms in total. The number of ether oxygens (including phenoxy) is 1. The summed E-state index contributed by atoms with van der Waals surface area (Å²) in [6.07, 6.45) is 0. The van der Waals surface area contributed by atoms with Gasteiger partial charge in [-0.3, -0.25) is 0 Å². The van der Waals surface area contributed by atoms with Crippen molar-refractivity contribution in [3.05, 3.63) is 35.4 Å². The van der Waals surface area contributed by atoms with E-state index in [0.717, 1.165) is 6.07 Å². The molecule has 0 spiro atoms. The van der Waals surface area contributed by atoms with Gasteiger partial charge in [0.25, 0.3) is 0 Å². The quantitative estimate of drug-likeness (QED) is 0.843. The molecule has 1 aromatic rings. The largest absolute Gasteiger partial charge is 0.464 e. The highest BCUT2D eigenvalue weighted by molar-refractivity contribution is 5.80. The predicted octanol–water partition coefficient (Wildman–Crippen LogP) is 2.38. The van der Waals surface area contributed by atoms with Crippen LogP contribution in [0.1, 0.15) is 32.3 Å². The Labute approximate surface area is 104 Å². The molecule has 0 amide bonds. The molecule has 2 unspecified atom stereocenters. The van der Waals surface area contributed by atoms with Crippen LogP contribution in [0.15, 0.2) is 18.2 Å². The van der Waals surface area contributed by atoms with Gasteiger partial charge in [0.1, 0.15) is 0 Å². The Morgan fingerprint density at radius 1 is 1.50 bits per heavy atom.